The van der Waals surface area contributed by atoms with Gasteiger partial charge >= 0.3 is 0 Å². The van der Waals surface area contributed by atoms with E-state index in [1.54, 1.807) is 29.7 Å². The van der Waals surface area contributed by atoms with Crippen LogP contribution in [-0.4, -0.2) is 16.7 Å². The number of benzene rings is 1. The van der Waals surface area contributed by atoms with E-state index in [0.717, 1.165) is 4.34 Å². The zero-order valence-corrected chi connectivity index (χ0v) is 11.0. The van der Waals surface area contributed by atoms with Crippen molar-refractivity contribution in [3.8, 4) is 11.8 Å². The van der Waals surface area contributed by atoms with E-state index in [1.165, 1.54) is 17.8 Å². The lowest BCUT2D eigenvalue weighted by Gasteiger charge is -2.02. The monoisotopic (exact) mass is 279 g/mol. The molecular weight excluding hydrogens is 269 g/mol. The standard InChI is InChI=1S/C13H10FNOS2/c14-12-8-10(2-1-6-16)3-4-11(12)9-18-13-15-5-7-17-13/h3-5,7-8,16H,6,9H2. The Kier molecular flexibility index (Phi) is 4.76. The van der Waals surface area contributed by atoms with Crippen LogP contribution in [0, 0.1) is 17.7 Å². The molecule has 0 unspecified atom stereocenters. The highest BCUT2D eigenvalue weighted by Crippen LogP contribution is 2.25. The fourth-order valence-corrected chi connectivity index (χ4v) is 2.93. The number of aliphatic hydroxyl groups excluding tert-OH is 1. The lowest BCUT2D eigenvalue weighted by atomic mass is 10.1. The number of thioether (sulfide) groups is 1. The Morgan fingerprint density at radius 2 is 2.33 bits per heavy atom. The van der Waals surface area contributed by atoms with Gasteiger partial charge in [0.25, 0.3) is 0 Å². The molecule has 0 amide bonds. The van der Waals surface area contributed by atoms with Crippen LogP contribution >= 0.6 is 23.1 Å². The van der Waals surface area contributed by atoms with E-state index in [0.29, 0.717) is 16.9 Å². The summed E-state index contributed by atoms with van der Waals surface area (Å²) in [5.41, 5.74) is 1.20. The smallest absolute Gasteiger partial charge is 0.150 e. The van der Waals surface area contributed by atoms with Gasteiger partial charge in [0.2, 0.25) is 0 Å². The molecule has 0 fully saturated rings. The molecule has 0 spiro atoms. The van der Waals surface area contributed by atoms with Crippen LogP contribution in [0.4, 0.5) is 4.39 Å². The van der Waals surface area contributed by atoms with Gasteiger partial charge in [0.05, 0.1) is 0 Å². The van der Waals surface area contributed by atoms with Gasteiger partial charge in [0, 0.05) is 22.9 Å². The van der Waals surface area contributed by atoms with Crippen LogP contribution < -0.4 is 0 Å². The van der Waals surface area contributed by atoms with Crippen molar-refractivity contribution in [3.63, 3.8) is 0 Å². The normalized spacial score (nSPS) is 9.89. The Hall–Kier alpha value is -1.35. The first-order chi connectivity index (χ1) is 8.79. The minimum atomic E-state index is -0.274. The highest BCUT2D eigenvalue weighted by Gasteiger charge is 2.04. The van der Waals surface area contributed by atoms with E-state index < -0.39 is 0 Å². The number of thiazole rings is 1. The maximum absolute atomic E-state index is 13.7. The van der Waals surface area contributed by atoms with Crippen molar-refractivity contribution in [1.29, 1.82) is 0 Å². The molecule has 92 valence electrons. The minimum absolute atomic E-state index is 0.219. The van der Waals surface area contributed by atoms with Crippen molar-refractivity contribution >= 4 is 23.1 Å². The second kappa shape index (κ2) is 6.55. The van der Waals surface area contributed by atoms with Crippen LogP contribution in [0.1, 0.15) is 11.1 Å². The first kappa shape index (κ1) is 13.1. The number of rotatable bonds is 3. The maximum atomic E-state index is 13.7. The third-order valence-corrected chi connectivity index (χ3v) is 4.14. The summed E-state index contributed by atoms with van der Waals surface area (Å²) in [7, 11) is 0. The molecule has 0 bridgehead atoms. The number of aromatic nitrogens is 1. The average molecular weight is 279 g/mol. The van der Waals surface area contributed by atoms with Crippen molar-refractivity contribution in [1.82, 2.24) is 4.98 Å². The van der Waals surface area contributed by atoms with Crippen molar-refractivity contribution < 1.29 is 9.50 Å². The van der Waals surface area contributed by atoms with E-state index in [9.17, 15) is 4.39 Å². The number of hydrogen-bond acceptors (Lipinski definition) is 4. The highest BCUT2D eigenvalue weighted by atomic mass is 32.2. The molecule has 0 atom stereocenters. The summed E-state index contributed by atoms with van der Waals surface area (Å²) in [5, 5.41) is 10.5. The lowest BCUT2D eigenvalue weighted by Crippen LogP contribution is -1.89. The van der Waals surface area contributed by atoms with Crippen LogP contribution in [0.2, 0.25) is 0 Å². The highest BCUT2D eigenvalue weighted by molar-refractivity contribution is 8.00. The molecule has 0 aliphatic rings. The molecule has 5 heteroatoms. The molecule has 0 radical (unpaired) electrons. The molecule has 2 aromatic rings. The van der Waals surface area contributed by atoms with E-state index in [2.05, 4.69) is 16.8 Å². The Balaban J connectivity index is 2.05. The number of hydrogen-bond donors (Lipinski definition) is 1. The van der Waals surface area contributed by atoms with E-state index in [1.807, 2.05) is 5.38 Å². The summed E-state index contributed by atoms with van der Waals surface area (Å²) in [5.74, 6) is 5.44. The summed E-state index contributed by atoms with van der Waals surface area (Å²) in [6, 6.07) is 4.86. The molecule has 0 saturated carbocycles. The molecular formula is C13H10FNOS2. The second-order valence-electron chi connectivity index (χ2n) is 3.35. The first-order valence-electron chi connectivity index (χ1n) is 5.20. The average Bonchev–Trinajstić information content (AvgIpc) is 2.88. The topological polar surface area (TPSA) is 33.1 Å². The molecule has 2 nitrogen and oxygen atoms in total. The summed E-state index contributed by atoms with van der Waals surface area (Å²) < 4.78 is 14.7. The summed E-state index contributed by atoms with van der Waals surface area (Å²) in [4.78, 5) is 4.13. The minimum Gasteiger partial charge on any atom is -0.384 e. The molecule has 1 N–H and O–H groups in total. The van der Waals surface area contributed by atoms with Gasteiger partial charge in [0.15, 0.2) is 0 Å². The van der Waals surface area contributed by atoms with E-state index >= 15 is 0 Å². The predicted molar refractivity (Wildman–Crippen MR) is 72.0 cm³/mol. The second-order valence-corrected chi connectivity index (χ2v) is 5.47. The third kappa shape index (κ3) is 3.57. The van der Waals surface area contributed by atoms with Gasteiger partial charge in [-0.05, 0) is 17.7 Å². The van der Waals surface area contributed by atoms with Crippen molar-refractivity contribution in [2.24, 2.45) is 0 Å². The van der Waals surface area contributed by atoms with Crippen molar-refractivity contribution in [2.45, 2.75) is 10.1 Å². The Morgan fingerprint density at radius 1 is 1.44 bits per heavy atom. The number of halogens is 1. The number of nitrogens with zero attached hydrogens (tertiary/aromatic N) is 1. The molecule has 2 rings (SSSR count). The SMILES string of the molecule is OCC#Cc1ccc(CSc2nccs2)c(F)c1. The molecule has 0 aliphatic heterocycles. The van der Waals surface area contributed by atoms with Crippen LogP contribution in [-0.2, 0) is 5.75 Å². The van der Waals surface area contributed by atoms with Gasteiger partial charge in [0.1, 0.15) is 16.8 Å². The van der Waals surface area contributed by atoms with Crippen LogP contribution in [0.5, 0.6) is 0 Å². The molecule has 1 heterocycles. The Morgan fingerprint density at radius 3 is 3.00 bits per heavy atom. The van der Waals surface area contributed by atoms with Gasteiger partial charge in [-0.25, -0.2) is 9.37 Å². The predicted octanol–water partition coefficient (Wildman–Crippen LogP) is 2.92. The van der Waals surface area contributed by atoms with Gasteiger partial charge in [-0.3, -0.25) is 0 Å². The molecule has 18 heavy (non-hydrogen) atoms. The zero-order valence-electron chi connectivity index (χ0n) is 9.39. The molecule has 0 saturated heterocycles. The van der Waals surface area contributed by atoms with Gasteiger partial charge in [-0.15, -0.1) is 11.3 Å². The van der Waals surface area contributed by atoms with Crippen LogP contribution in [0.15, 0.2) is 34.1 Å². The quantitative estimate of drug-likeness (QED) is 0.693. The molecule has 0 aliphatic carbocycles. The maximum Gasteiger partial charge on any atom is 0.150 e. The number of aliphatic hydroxyl groups is 1. The molecule has 1 aromatic heterocycles. The summed E-state index contributed by atoms with van der Waals surface area (Å²) in [6.45, 7) is -0.219. The molecule has 1 aromatic carbocycles. The largest absolute Gasteiger partial charge is 0.384 e. The Labute approximate surface area is 113 Å². The van der Waals surface area contributed by atoms with E-state index in [4.69, 9.17) is 5.11 Å². The van der Waals surface area contributed by atoms with Gasteiger partial charge in [-0.2, -0.15) is 0 Å². The van der Waals surface area contributed by atoms with Crippen molar-refractivity contribution in [2.75, 3.05) is 6.61 Å². The lowest BCUT2D eigenvalue weighted by molar-refractivity contribution is 0.350. The fraction of sp³-hybridized carbons (Fsp3) is 0.154. The van der Waals surface area contributed by atoms with Crippen LogP contribution in [0.25, 0.3) is 0 Å². The summed E-state index contributed by atoms with van der Waals surface area (Å²) in [6.07, 6.45) is 1.73. The van der Waals surface area contributed by atoms with Crippen LogP contribution in [0.3, 0.4) is 0 Å². The summed E-state index contributed by atoms with van der Waals surface area (Å²) >= 11 is 3.05. The van der Waals surface area contributed by atoms with Gasteiger partial charge < -0.3 is 5.11 Å². The third-order valence-electron chi connectivity index (χ3n) is 2.13. The van der Waals surface area contributed by atoms with E-state index in [-0.39, 0.29) is 12.4 Å². The zero-order chi connectivity index (χ0) is 12.8. The van der Waals surface area contributed by atoms with Gasteiger partial charge in [-0.1, -0.05) is 29.7 Å². The van der Waals surface area contributed by atoms with Crippen molar-refractivity contribution in [3.05, 3.63) is 46.7 Å². The fourth-order valence-electron chi connectivity index (χ4n) is 1.30. The first-order valence-corrected chi connectivity index (χ1v) is 7.06. The Bertz CT molecular complexity index is 572.